The van der Waals surface area contributed by atoms with Crippen molar-refractivity contribution in [2.24, 2.45) is 5.73 Å². The Kier molecular flexibility index (Phi) is 3.83. The van der Waals surface area contributed by atoms with Gasteiger partial charge in [0.05, 0.1) is 5.76 Å². The number of rotatable bonds is 2. The van der Waals surface area contributed by atoms with Crippen molar-refractivity contribution in [1.82, 2.24) is 0 Å². The Morgan fingerprint density at radius 1 is 1.21 bits per heavy atom. The van der Waals surface area contributed by atoms with Crippen molar-refractivity contribution in [3.63, 3.8) is 0 Å². The summed E-state index contributed by atoms with van der Waals surface area (Å²) in [5, 5.41) is 9.56. The molecule has 3 aliphatic rings. The second-order valence-corrected chi connectivity index (χ2v) is 7.96. The van der Waals surface area contributed by atoms with E-state index in [1.54, 1.807) is 0 Å². The molecule has 2 aliphatic carbocycles. The summed E-state index contributed by atoms with van der Waals surface area (Å²) < 4.78 is 0.0633. The molecule has 3 rings (SSSR count). The summed E-state index contributed by atoms with van der Waals surface area (Å²) in [5.41, 5.74) is 8.76. The largest absolute Gasteiger partial charge is 0.512 e. The molecule has 1 atom stereocenters. The van der Waals surface area contributed by atoms with Gasteiger partial charge in [0.25, 0.3) is 0 Å². The number of aliphatic hydroxyl groups excluding tert-OH is 1. The van der Waals surface area contributed by atoms with Gasteiger partial charge in [0.15, 0.2) is 0 Å². The summed E-state index contributed by atoms with van der Waals surface area (Å²) in [6, 6.07) is 0.168. The number of thioether (sulfide) groups is 2. The lowest BCUT2D eigenvalue weighted by atomic mass is 9.92. The first-order valence-electron chi connectivity index (χ1n) is 6.72. The van der Waals surface area contributed by atoms with Crippen molar-refractivity contribution >= 4 is 23.5 Å². The molecule has 0 aromatic rings. The first-order chi connectivity index (χ1) is 9.21. The minimum absolute atomic E-state index is 0.0633. The maximum atomic E-state index is 9.56. The molecule has 0 aromatic carbocycles. The van der Waals surface area contributed by atoms with E-state index in [2.05, 4.69) is 24.3 Å². The van der Waals surface area contributed by atoms with E-state index in [1.807, 2.05) is 29.6 Å². The predicted molar refractivity (Wildman–Crippen MR) is 85.5 cm³/mol. The van der Waals surface area contributed by atoms with Crippen LogP contribution in [-0.4, -0.2) is 26.7 Å². The number of allylic oxidation sites excluding steroid dienone is 4. The Labute approximate surface area is 122 Å². The van der Waals surface area contributed by atoms with Gasteiger partial charge >= 0.3 is 0 Å². The number of aliphatic hydroxyl groups is 1. The molecule has 4 heteroatoms. The van der Waals surface area contributed by atoms with Crippen LogP contribution in [0.2, 0.25) is 0 Å². The molecule has 1 aliphatic heterocycles. The Balaban J connectivity index is 1.94. The van der Waals surface area contributed by atoms with Crippen LogP contribution in [0.5, 0.6) is 0 Å². The highest BCUT2D eigenvalue weighted by molar-refractivity contribution is 8.22. The zero-order valence-corrected chi connectivity index (χ0v) is 12.5. The Morgan fingerprint density at radius 3 is 2.58 bits per heavy atom. The van der Waals surface area contributed by atoms with Crippen molar-refractivity contribution in [3.05, 3.63) is 47.3 Å². The quantitative estimate of drug-likeness (QED) is 0.817. The minimum Gasteiger partial charge on any atom is -0.512 e. The van der Waals surface area contributed by atoms with Crippen LogP contribution in [0.3, 0.4) is 0 Å². The molecule has 0 spiro atoms. The van der Waals surface area contributed by atoms with Gasteiger partial charge in [-0.3, -0.25) is 0 Å². The monoisotopic (exact) mass is 293 g/mol. The fourth-order valence-electron chi connectivity index (χ4n) is 2.73. The highest BCUT2D eigenvalue weighted by Gasteiger charge is 2.42. The molecule has 2 nitrogen and oxygen atoms in total. The van der Waals surface area contributed by atoms with Gasteiger partial charge in [0, 0.05) is 24.0 Å². The molecule has 1 saturated heterocycles. The molecule has 0 bridgehead atoms. The van der Waals surface area contributed by atoms with E-state index in [-0.39, 0.29) is 10.1 Å². The van der Waals surface area contributed by atoms with Crippen molar-refractivity contribution in [1.29, 1.82) is 0 Å². The molecule has 0 saturated carbocycles. The van der Waals surface area contributed by atoms with Crippen LogP contribution in [0.15, 0.2) is 47.3 Å². The fourth-order valence-corrected chi connectivity index (χ4v) is 6.15. The smallest absolute Gasteiger partial charge is 0.107 e. The summed E-state index contributed by atoms with van der Waals surface area (Å²) in [6.45, 7) is 0. The van der Waals surface area contributed by atoms with Crippen LogP contribution in [0.1, 0.15) is 19.3 Å². The molecule has 1 unspecified atom stereocenters. The number of hydrogen-bond donors (Lipinski definition) is 2. The summed E-state index contributed by atoms with van der Waals surface area (Å²) >= 11 is 4.06. The normalized spacial score (nSPS) is 29.7. The summed E-state index contributed by atoms with van der Waals surface area (Å²) in [4.78, 5) is 0. The third-order valence-electron chi connectivity index (χ3n) is 3.76. The maximum Gasteiger partial charge on any atom is 0.107 e. The molecule has 0 amide bonds. The first-order valence-corrected chi connectivity index (χ1v) is 8.69. The van der Waals surface area contributed by atoms with Crippen LogP contribution in [0, 0.1) is 0 Å². The summed E-state index contributed by atoms with van der Waals surface area (Å²) in [6.07, 6.45) is 13.3. The van der Waals surface area contributed by atoms with Crippen LogP contribution in [0.25, 0.3) is 0 Å². The second kappa shape index (κ2) is 5.43. The zero-order valence-electron chi connectivity index (χ0n) is 10.8. The highest BCUT2D eigenvalue weighted by Crippen LogP contribution is 2.56. The van der Waals surface area contributed by atoms with E-state index in [1.165, 1.54) is 22.7 Å². The topological polar surface area (TPSA) is 46.2 Å². The summed E-state index contributed by atoms with van der Waals surface area (Å²) in [5.74, 6) is 2.88. The van der Waals surface area contributed by atoms with E-state index < -0.39 is 0 Å². The molecule has 102 valence electrons. The van der Waals surface area contributed by atoms with Crippen LogP contribution >= 0.6 is 23.5 Å². The van der Waals surface area contributed by atoms with Crippen LogP contribution in [-0.2, 0) is 0 Å². The van der Waals surface area contributed by atoms with Gasteiger partial charge in [-0.05, 0) is 30.1 Å². The number of nitrogens with two attached hydrogens (primary N) is 1. The molecule has 1 fully saturated rings. The Bertz CT molecular complexity index is 484. The molecule has 3 N–H and O–H groups in total. The van der Waals surface area contributed by atoms with Gasteiger partial charge in [-0.25, -0.2) is 0 Å². The highest BCUT2D eigenvalue weighted by atomic mass is 32.2. The summed E-state index contributed by atoms with van der Waals surface area (Å²) in [7, 11) is 0. The van der Waals surface area contributed by atoms with Gasteiger partial charge in [-0.2, -0.15) is 0 Å². The van der Waals surface area contributed by atoms with Crippen molar-refractivity contribution in [3.8, 4) is 0 Å². The van der Waals surface area contributed by atoms with E-state index in [0.29, 0.717) is 5.76 Å². The molecule has 1 heterocycles. The third-order valence-corrected chi connectivity index (χ3v) is 7.35. The SMILES string of the molecule is NC1C=CC(C2(C3=CC=C(O)CC3)SCCS2)=CC1. The molecule has 0 radical (unpaired) electrons. The maximum absolute atomic E-state index is 9.56. The predicted octanol–water partition coefficient (Wildman–Crippen LogP) is 3.54. The van der Waals surface area contributed by atoms with Gasteiger partial charge in [-0.15, -0.1) is 23.5 Å². The van der Waals surface area contributed by atoms with Crippen molar-refractivity contribution in [2.75, 3.05) is 11.5 Å². The Hall–Kier alpha value is -0.580. The first kappa shape index (κ1) is 13.4. The second-order valence-electron chi connectivity index (χ2n) is 5.08. The van der Waals surface area contributed by atoms with E-state index >= 15 is 0 Å². The fraction of sp³-hybridized carbons (Fsp3) is 0.467. The van der Waals surface area contributed by atoms with Crippen LogP contribution < -0.4 is 5.73 Å². The van der Waals surface area contributed by atoms with Crippen molar-refractivity contribution < 1.29 is 5.11 Å². The average molecular weight is 293 g/mol. The zero-order chi connectivity index (χ0) is 13.3. The lowest BCUT2D eigenvalue weighted by Crippen LogP contribution is -2.27. The van der Waals surface area contributed by atoms with Gasteiger partial charge in [-0.1, -0.05) is 24.3 Å². The van der Waals surface area contributed by atoms with Gasteiger partial charge < -0.3 is 10.8 Å². The molecule has 0 aromatic heterocycles. The standard InChI is InChI=1S/C15H19NOS2/c16-13-5-1-11(2-6-13)15(18-9-10-19-15)12-3-7-14(17)8-4-12/h1-3,5,7,13,17H,4,6,8-10,16H2. The van der Waals surface area contributed by atoms with Crippen LogP contribution in [0.4, 0.5) is 0 Å². The molecular weight excluding hydrogens is 274 g/mol. The van der Waals surface area contributed by atoms with Gasteiger partial charge in [0.2, 0.25) is 0 Å². The van der Waals surface area contributed by atoms with Gasteiger partial charge in [0.1, 0.15) is 4.08 Å². The third kappa shape index (κ3) is 2.54. The molecular formula is C15H19NOS2. The lowest BCUT2D eigenvalue weighted by Gasteiger charge is -2.34. The van der Waals surface area contributed by atoms with E-state index in [0.717, 1.165) is 19.3 Å². The van der Waals surface area contributed by atoms with Crippen molar-refractivity contribution in [2.45, 2.75) is 29.4 Å². The minimum atomic E-state index is 0.0633. The molecule has 19 heavy (non-hydrogen) atoms. The average Bonchev–Trinajstić information content (AvgIpc) is 2.91. The lowest BCUT2D eigenvalue weighted by molar-refractivity contribution is 0.385. The van der Waals surface area contributed by atoms with E-state index in [9.17, 15) is 5.11 Å². The Morgan fingerprint density at radius 2 is 2.00 bits per heavy atom. The number of hydrogen-bond acceptors (Lipinski definition) is 4. The van der Waals surface area contributed by atoms with E-state index in [4.69, 9.17) is 5.73 Å².